The molecule has 4 rings (SSSR count). The molecule has 0 aromatic carbocycles. The van der Waals surface area contributed by atoms with Gasteiger partial charge in [-0.3, -0.25) is 14.4 Å². The van der Waals surface area contributed by atoms with Crippen molar-refractivity contribution in [3.05, 3.63) is 35.5 Å². The van der Waals surface area contributed by atoms with Gasteiger partial charge in [-0.25, -0.2) is 0 Å². The summed E-state index contributed by atoms with van der Waals surface area (Å²) in [6.45, 7) is 9.71. The molecule has 4 nitrogen and oxygen atoms in total. The fourth-order valence-electron chi connectivity index (χ4n) is 6.81. The van der Waals surface area contributed by atoms with Crippen molar-refractivity contribution in [2.75, 3.05) is 0 Å². The monoisotopic (exact) mass is 382 g/mol. The smallest absolute Gasteiger partial charge is 0.303 e. The molecule has 150 valence electrons. The minimum atomic E-state index is -1.07. The molecular weight excluding hydrogens is 352 g/mol. The second-order valence-corrected chi connectivity index (χ2v) is 9.76. The molecule has 0 radical (unpaired) electrons. The third-order valence-electron chi connectivity index (χ3n) is 8.47. The van der Waals surface area contributed by atoms with Crippen LogP contribution in [0.2, 0.25) is 0 Å². The summed E-state index contributed by atoms with van der Waals surface area (Å²) in [6, 6.07) is 0. The van der Waals surface area contributed by atoms with Crippen molar-refractivity contribution in [2.24, 2.45) is 28.6 Å². The molecule has 0 amide bonds. The number of carbonyl (C=O) groups excluding carboxylic acids is 3. The summed E-state index contributed by atoms with van der Waals surface area (Å²) >= 11 is 0. The highest BCUT2D eigenvalue weighted by molar-refractivity contribution is 6.02. The Bertz CT molecular complexity index is 862. The predicted molar refractivity (Wildman–Crippen MR) is 106 cm³/mol. The molecule has 28 heavy (non-hydrogen) atoms. The van der Waals surface area contributed by atoms with Crippen LogP contribution in [0.25, 0.3) is 0 Å². The first kappa shape index (κ1) is 19.4. The minimum absolute atomic E-state index is 0.0476. The van der Waals surface area contributed by atoms with Gasteiger partial charge in [-0.15, -0.1) is 0 Å². The van der Waals surface area contributed by atoms with Crippen molar-refractivity contribution in [3.63, 3.8) is 0 Å². The molecule has 0 aromatic rings. The van der Waals surface area contributed by atoms with E-state index in [0.717, 1.165) is 30.4 Å². The standard InChI is InChI=1S/C24H30O4/c1-14-12-17-18(22(3)10-8-16(26)13-20(14)22)9-11-23(4)19(17)6-7-21(27)24(23,5)28-15(2)25/h8,10,12-13,17-19H,6-7,9,11H2,1-5H3/t17?,18?,19?,22?,23?,24-/m1/s1. The number of ether oxygens (including phenoxy) is 1. The molecule has 2 saturated carbocycles. The maximum atomic E-state index is 12.9. The highest BCUT2D eigenvalue weighted by atomic mass is 16.6. The van der Waals surface area contributed by atoms with Crippen LogP contribution in [0, 0.1) is 28.6 Å². The van der Waals surface area contributed by atoms with E-state index in [1.807, 2.05) is 6.92 Å². The SMILES string of the molecule is CC(=O)O[C@]1(C)C(=O)CCC2C3C=C(C)C4=CC(=O)C=CC4(C)C3CCC21C. The number of esters is 1. The first-order valence-electron chi connectivity index (χ1n) is 10.4. The lowest BCUT2D eigenvalue weighted by Gasteiger charge is -2.61. The molecule has 0 aromatic heterocycles. The average Bonchev–Trinajstić information content (AvgIpc) is 2.60. The summed E-state index contributed by atoms with van der Waals surface area (Å²) in [4.78, 5) is 36.8. The van der Waals surface area contributed by atoms with Gasteiger partial charge in [0.1, 0.15) is 0 Å². The second kappa shape index (κ2) is 6.01. The van der Waals surface area contributed by atoms with Crippen LogP contribution in [-0.2, 0) is 19.1 Å². The zero-order chi connectivity index (χ0) is 20.5. The highest BCUT2D eigenvalue weighted by Crippen LogP contribution is 2.65. The van der Waals surface area contributed by atoms with Gasteiger partial charge in [0.25, 0.3) is 0 Å². The van der Waals surface area contributed by atoms with E-state index >= 15 is 0 Å². The minimum Gasteiger partial charge on any atom is -0.451 e. The van der Waals surface area contributed by atoms with Crippen LogP contribution in [0.5, 0.6) is 0 Å². The van der Waals surface area contributed by atoms with Gasteiger partial charge in [-0.2, -0.15) is 0 Å². The van der Waals surface area contributed by atoms with E-state index in [1.165, 1.54) is 6.92 Å². The number of Topliss-reactive ketones (excluding diaryl/α,β-unsaturated/α-hetero) is 1. The maximum Gasteiger partial charge on any atom is 0.303 e. The number of hydrogen-bond acceptors (Lipinski definition) is 4. The molecule has 0 N–H and O–H groups in total. The van der Waals surface area contributed by atoms with Gasteiger partial charge in [-0.1, -0.05) is 31.6 Å². The van der Waals surface area contributed by atoms with Crippen LogP contribution < -0.4 is 0 Å². The number of hydrogen-bond donors (Lipinski definition) is 0. The van der Waals surface area contributed by atoms with E-state index < -0.39 is 5.60 Å². The molecule has 4 heteroatoms. The summed E-state index contributed by atoms with van der Waals surface area (Å²) in [5, 5.41) is 0. The van der Waals surface area contributed by atoms with Crippen LogP contribution in [0.1, 0.15) is 60.3 Å². The Morgan fingerprint density at radius 2 is 1.86 bits per heavy atom. The Kier molecular flexibility index (Phi) is 4.16. The fraction of sp³-hybridized carbons (Fsp3) is 0.625. The van der Waals surface area contributed by atoms with Gasteiger partial charge < -0.3 is 4.74 Å². The topological polar surface area (TPSA) is 60.4 Å². The van der Waals surface area contributed by atoms with Crippen LogP contribution in [0.3, 0.4) is 0 Å². The molecular formula is C24H30O4. The van der Waals surface area contributed by atoms with E-state index in [0.29, 0.717) is 18.3 Å². The van der Waals surface area contributed by atoms with Crippen molar-refractivity contribution in [1.82, 2.24) is 0 Å². The molecule has 4 aliphatic carbocycles. The van der Waals surface area contributed by atoms with Crippen LogP contribution in [0.4, 0.5) is 0 Å². The number of fused-ring (bicyclic) bond motifs is 5. The number of carbonyl (C=O) groups is 3. The summed E-state index contributed by atoms with van der Waals surface area (Å²) in [7, 11) is 0. The van der Waals surface area contributed by atoms with E-state index in [-0.39, 0.29) is 34.3 Å². The van der Waals surface area contributed by atoms with Crippen LogP contribution in [0.15, 0.2) is 35.5 Å². The summed E-state index contributed by atoms with van der Waals surface area (Å²) < 4.78 is 5.74. The Morgan fingerprint density at radius 3 is 2.54 bits per heavy atom. The lowest BCUT2D eigenvalue weighted by molar-refractivity contribution is -0.202. The zero-order valence-electron chi connectivity index (χ0n) is 17.5. The molecule has 6 atom stereocenters. The molecule has 0 spiro atoms. The van der Waals surface area contributed by atoms with Gasteiger partial charge in [0.15, 0.2) is 17.2 Å². The molecule has 5 unspecified atom stereocenters. The van der Waals surface area contributed by atoms with Gasteiger partial charge in [-0.05, 0) is 68.6 Å². The highest BCUT2D eigenvalue weighted by Gasteiger charge is 2.64. The van der Waals surface area contributed by atoms with E-state index in [4.69, 9.17) is 4.74 Å². The largest absolute Gasteiger partial charge is 0.451 e. The van der Waals surface area contributed by atoms with Gasteiger partial charge >= 0.3 is 5.97 Å². The second-order valence-electron chi connectivity index (χ2n) is 9.76. The molecule has 0 heterocycles. The quantitative estimate of drug-likeness (QED) is 0.633. The zero-order valence-corrected chi connectivity index (χ0v) is 17.5. The summed E-state index contributed by atoms with van der Waals surface area (Å²) in [5.74, 6) is 0.687. The first-order valence-corrected chi connectivity index (χ1v) is 10.4. The predicted octanol–water partition coefficient (Wildman–Crippen LogP) is 4.35. The van der Waals surface area contributed by atoms with Crippen molar-refractivity contribution in [1.29, 1.82) is 0 Å². The van der Waals surface area contributed by atoms with Gasteiger partial charge in [0, 0.05) is 24.2 Å². The Morgan fingerprint density at radius 1 is 1.14 bits per heavy atom. The fourth-order valence-corrected chi connectivity index (χ4v) is 6.81. The van der Waals surface area contributed by atoms with E-state index in [1.54, 1.807) is 12.2 Å². The number of allylic oxidation sites excluding steroid dienone is 6. The first-order chi connectivity index (χ1) is 13.0. The van der Waals surface area contributed by atoms with Crippen molar-refractivity contribution in [3.8, 4) is 0 Å². The van der Waals surface area contributed by atoms with Crippen molar-refractivity contribution >= 4 is 17.5 Å². The van der Waals surface area contributed by atoms with Crippen LogP contribution >= 0.6 is 0 Å². The molecule has 0 saturated heterocycles. The maximum absolute atomic E-state index is 12.9. The van der Waals surface area contributed by atoms with Crippen LogP contribution in [-0.4, -0.2) is 23.1 Å². The van der Waals surface area contributed by atoms with Gasteiger partial charge in [0.2, 0.25) is 0 Å². The molecule has 2 fully saturated rings. The lowest BCUT2D eigenvalue weighted by atomic mass is 9.43. The van der Waals surface area contributed by atoms with Crippen molar-refractivity contribution < 1.29 is 19.1 Å². The molecule has 4 aliphatic rings. The molecule has 0 bridgehead atoms. The number of rotatable bonds is 1. The Hall–Kier alpha value is -1.97. The van der Waals surface area contributed by atoms with Gasteiger partial charge in [0.05, 0.1) is 0 Å². The summed E-state index contributed by atoms with van der Waals surface area (Å²) in [6.07, 6.45) is 11.0. The van der Waals surface area contributed by atoms with Crippen molar-refractivity contribution in [2.45, 2.75) is 65.9 Å². The Balaban J connectivity index is 1.81. The molecule has 0 aliphatic heterocycles. The normalized spacial score (nSPS) is 44.7. The van der Waals surface area contributed by atoms with E-state index in [9.17, 15) is 14.4 Å². The third kappa shape index (κ3) is 2.39. The third-order valence-corrected chi connectivity index (χ3v) is 8.47. The average molecular weight is 383 g/mol. The van der Waals surface area contributed by atoms with E-state index in [2.05, 4.69) is 32.9 Å². The number of ketones is 2. The lowest BCUT2D eigenvalue weighted by Crippen LogP contribution is -2.64. The Labute approximate surface area is 167 Å². The summed E-state index contributed by atoms with van der Waals surface area (Å²) in [5.41, 5.74) is 0.705.